The first-order valence-electron chi connectivity index (χ1n) is 5.90. The first-order chi connectivity index (χ1) is 9.11. The number of hydrogen-bond acceptors (Lipinski definition) is 5. The molecule has 0 saturated carbocycles. The molecule has 0 aliphatic carbocycles. The second kappa shape index (κ2) is 5.47. The zero-order valence-corrected chi connectivity index (χ0v) is 11.1. The molecule has 0 bridgehead atoms. The van der Waals surface area contributed by atoms with Crippen LogP contribution in [0, 0.1) is 0 Å². The monoisotopic (exact) mass is 260 g/mol. The SMILES string of the molecule is CNc1cc(C(=O)NC(C)c2nncn2C)ccn1. The van der Waals surface area contributed by atoms with Crippen molar-refractivity contribution in [2.24, 2.45) is 7.05 Å². The minimum Gasteiger partial charge on any atom is -0.373 e. The number of pyridine rings is 1. The Morgan fingerprint density at radius 3 is 2.89 bits per heavy atom. The maximum Gasteiger partial charge on any atom is 0.252 e. The minimum absolute atomic E-state index is 0.172. The van der Waals surface area contributed by atoms with Crippen LogP contribution in [0.2, 0.25) is 0 Å². The van der Waals surface area contributed by atoms with Crippen LogP contribution < -0.4 is 10.6 Å². The molecule has 7 nitrogen and oxygen atoms in total. The summed E-state index contributed by atoms with van der Waals surface area (Å²) in [6.45, 7) is 1.86. The van der Waals surface area contributed by atoms with Crippen LogP contribution in [0.15, 0.2) is 24.7 Å². The van der Waals surface area contributed by atoms with Crippen molar-refractivity contribution in [3.8, 4) is 0 Å². The first-order valence-corrected chi connectivity index (χ1v) is 5.90. The zero-order valence-electron chi connectivity index (χ0n) is 11.1. The summed E-state index contributed by atoms with van der Waals surface area (Å²) in [5, 5.41) is 13.5. The molecule has 0 spiro atoms. The molecule has 1 atom stereocenters. The first kappa shape index (κ1) is 13.0. The maximum absolute atomic E-state index is 12.1. The number of nitrogens with one attached hydrogen (secondary N) is 2. The van der Waals surface area contributed by atoms with Gasteiger partial charge in [0.2, 0.25) is 0 Å². The Morgan fingerprint density at radius 2 is 2.26 bits per heavy atom. The van der Waals surface area contributed by atoms with Crippen molar-refractivity contribution < 1.29 is 4.79 Å². The van der Waals surface area contributed by atoms with Gasteiger partial charge in [0.25, 0.3) is 5.91 Å². The number of amides is 1. The summed E-state index contributed by atoms with van der Waals surface area (Å²) in [7, 11) is 3.59. The molecular formula is C12H16N6O. The normalized spacial score (nSPS) is 11.9. The molecule has 7 heteroatoms. The van der Waals surface area contributed by atoms with Crippen LogP contribution in [0.4, 0.5) is 5.82 Å². The molecule has 2 N–H and O–H groups in total. The van der Waals surface area contributed by atoms with E-state index in [1.165, 1.54) is 0 Å². The number of carbonyl (C=O) groups is 1. The van der Waals surface area contributed by atoms with Crippen molar-refractivity contribution in [3.63, 3.8) is 0 Å². The summed E-state index contributed by atoms with van der Waals surface area (Å²) in [6, 6.07) is 3.14. The Balaban J connectivity index is 2.10. The van der Waals surface area contributed by atoms with Crippen molar-refractivity contribution in [1.82, 2.24) is 25.1 Å². The van der Waals surface area contributed by atoms with Gasteiger partial charge in [-0.25, -0.2) is 4.98 Å². The van der Waals surface area contributed by atoms with Gasteiger partial charge in [-0.05, 0) is 19.1 Å². The highest BCUT2D eigenvalue weighted by Gasteiger charge is 2.15. The molecule has 0 fully saturated rings. The van der Waals surface area contributed by atoms with Gasteiger partial charge in [0, 0.05) is 25.9 Å². The van der Waals surface area contributed by atoms with Gasteiger partial charge in [0.15, 0.2) is 5.82 Å². The third kappa shape index (κ3) is 2.87. The molecule has 0 aromatic carbocycles. The summed E-state index contributed by atoms with van der Waals surface area (Å²) in [5.41, 5.74) is 0.549. The average Bonchev–Trinajstić information content (AvgIpc) is 2.85. The van der Waals surface area contributed by atoms with Crippen LogP contribution in [-0.4, -0.2) is 32.7 Å². The van der Waals surface area contributed by atoms with Gasteiger partial charge >= 0.3 is 0 Å². The van der Waals surface area contributed by atoms with Crippen molar-refractivity contribution in [2.45, 2.75) is 13.0 Å². The third-order valence-electron chi connectivity index (χ3n) is 2.76. The second-order valence-corrected chi connectivity index (χ2v) is 4.17. The van der Waals surface area contributed by atoms with Gasteiger partial charge in [-0.15, -0.1) is 10.2 Å². The van der Waals surface area contributed by atoms with Crippen molar-refractivity contribution >= 4 is 11.7 Å². The molecule has 0 aliphatic heterocycles. The van der Waals surface area contributed by atoms with Crippen molar-refractivity contribution in [2.75, 3.05) is 12.4 Å². The molecule has 0 radical (unpaired) electrons. The maximum atomic E-state index is 12.1. The lowest BCUT2D eigenvalue weighted by atomic mass is 10.2. The van der Waals surface area contributed by atoms with Crippen LogP contribution in [-0.2, 0) is 7.05 Å². The zero-order chi connectivity index (χ0) is 13.8. The van der Waals surface area contributed by atoms with E-state index >= 15 is 0 Å². The predicted octanol–water partition coefficient (Wildman–Crippen LogP) is 0.743. The number of carbonyl (C=O) groups excluding carboxylic acids is 1. The largest absolute Gasteiger partial charge is 0.373 e. The second-order valence-electron chi connectivity index (χ2n) is 4.17. The fourth-order valence-electron chi connectivity index (χ4n) is 1.74. The van der Waals surface area contributed by atoms with E-state index in [1.54, 1.807) is 36.3 Å². The number of aryl methyl sites for hydroxylation is 1. The smallest absolute Gasteiger partial charge is 0.252 e. The molecular weight excluding hydrogens is 244 g/mol. The summed E-state index contributed by atoms with van der Waals surface area (Å²) in [4.78, 5) is 16.2. The Hall–Kier alpha value is -2.44. The quantitative estimate of drug-likeness (QED) is 0.847. The van der Waals surface area contributed by atoms with Gasteiger partial charge in [-0.1, -0.05) is 0 Å². The fraction of sp³-hybridized carbons (Fsp3) is 0.333. The van der Waals surface area contributed by atoms with E-state index in [4.69, 9.17) is 0 Å². The summed E-state index contributed by atoms with van der Waals surface area (Å²) in [5.74, 6) is 1.18. The lowest BCUT2D eigenvalue weighted by Gasteiger charge is -2.13. The van der Waals surface area contributed by atoms with Crippen LogP contribution in [0.25, 0.3) is 0 Å². The Kier molecular flexibility index (Phi) is 3.74. The van der Waals surface area contributed by atoms with Crippen LogP contribution in [0.1, 0.15) is 29.1 Å². The lowest BCUT2D eigenvalue weighted by Crippen LogP contribution is -2.28. The van der Waals surface area contributed by atoms with Crippen LogP contribution >= 0.6 is 0 Å². The Morgan fingerprint density at radius 1 is 1.47 bits per heavy atom. The number of rotatable bonds is 4. The van der Waals surface area contributed by atoms with Gasteiger partial charge in [-0.2, -0.15) is 0 Å². The molecule has 19 heavy (non-hydrogen) atoms. The topological polar surface area (TPSA) is 84.7 Å². The Labute approximate surface area is 111 Å². The van der Waals surface area contributed by atoms with E-state index in [2.05, 4.69) is 25.8 Å². The highest BCUT2D eigenvalue weighted by molar-refractivity contribution is 5.94. The standard InChI is InChI=1S/C12H16N6O/c1-8(11-17-15-7-18(11)3)16-12(19)9-4-5-14-10(6-9)13-2/h4-8H,1-3H3,(H,13,14)(H,16,19). The van der Waals surface area contributed by atoms with Gasteiger partial charge in [-0.3, -0.25) is 4.79 Å². The molecule has 1 amide bonds. The minimum atomic E-state index is -0.216. The highest BCUT2D eigenvalue weighted by Crippen LogP contribution is 2.10. The molecule has 100 valence electrons. The molecule has 0 aliphatic rings. The Bertz CT molecular complexity index is 579. The molecule has 1 unspecified atom stereocenters. The summed E-state index contributed by atoms with van der Waals surface area (Å²) < 4.78 is 1.77. The van der Waals surface area contributed by atoms with Crippen LogP contribution in [0.5, 0.6) is 0 Å². The van der Waals surface area contributed by atoms with Gasteiger partial charge < -0.3 is 15.2 Å². The number of nitrogens with zero attached hydrogens (tertiary/aromatic N) is 4. The summed E-state index contributed by atoms with van der Waals surface area (Å²) in [6.07, 6.45) is 3.19. The number of anilines is 1. The molecule has 2 rings (SSSR count). The fourth-order valence-corrected chi connectivity index (χ4v) is 1.74. The molecule has 2 heterocycles. The third-order valence-corrected chi connectivity index (χ3v) is 2.76. The predicted molar refractivity (Wildman–Crippen MR) is 70.7 cm³/mol. The average molecular weight is 260 g/mol. The van der Waals surface area contributed by atoms with Crippen LogP contribution in [0.3, 0.4) is 0 Å². The highest BCUT2D eigenvalue weighted by atomic mass is 16.1. The number of hydrogen-bond donors (Lipinski definition) is 2. The summed E-state index contributed by atoms with van der Waals surface area (Å²) >= 11 is 0. The van der Waals surface area contributed by atoms with E-state index in [-0.39, 0.29) is 11.9 Å². The molecule has 2 aromatic rings. The van der Waals surface area contributed by atoms with Gasteiger partial charge in [0.1, 0.15) is 12.1 Å². The molecule has 0 saturated heterocycles. The van der Waals surface area contributed by atoms with Crippen molar-refractivity contribution in [1.29, 1.82) is 0 Å². The van der Waals surface area contributed by atoms with Gasteiger partial charge in [0.05, 0.1) is 6.04 Å². The van der Waals surface area contributed by atoms with E-state index in [0.29, 0.717) is 17.2 Å². The van der Waals surface area contributed by atoms with E-state index in [9.17, 15) is 4.79 Å². The lowest BCUT2D eigenvalue weighted by molar-refractivity contribution is 0.0937. The van der Waals surface area contributed by atoms with Crippen molar-refractivity contribution in [3.05, 3.63) is 36.0 Å². The van der Waals surface area contributed by atoms with E-state index in [1.807, 2.05) is 14.0 Å². The number of aromatic nitrogens is 4. The molecule has 2 aromatic heterocycles. The van der Waals surface area contributed by atoms with E-state index in [0.717, 1.165) is 0 Å². The van der Waals surface area contributed by atoms with E-state index < -0.39 is 0 Å².